The Kier molecular flexibility index (Phi) is 6.12. The molecule has 1 aromatic carbocycles. The van der Waals surface area contributed by atoms with Crippen LogP contribution < -0.4 is 14.8 Å². The lowest BCUT2D eigenvalue weighted by Crippen LogP contribution is -2.27. The van der Waals surface area contributed by atoms with Gasteiger partial charge < -0.3 is 14.8 Å². The van der Waals surface area contributed by atoms with Gasteiger partial charge in [0, 0.05) is 17.0 Å². The first-order chi connectivity index (χ1) is 12.8. The molecule has 1 amide bonds. The van der Waals surface area contributed by atoms with Gasteiger partial charge in [0.25, 0.3) is 5.91 Å². The van der Waals surface area contributed by atoms with E-state index in [1.165, 1.54) is 0 Å². The molecule has 0 aliphatic rings. The quantitative estimate of drug-likeness (QED) is 0.785. The Morgan fingerprint density at radius 1 is 1.07 bits per heavy atom. The minimum absolute atomic E-state index is 0.0190. The molecule has 2 aromatic rings. The molecule has 0 aliphatic carbocycles. The van der Waals surface area contributed by atoms with Crippen molar-refractivity contribution in [3.63, 3.8) is 0 Å². The number of hydrogen-bond donors (Lipinski definition) is 1. The van der Waals surface area contributed by atoms with Crippen molar-refractivity contribution in [3.8, 4) is 11.5 Å². The van der Waals surface area contributed by atoms with Gasteiger partial charge in [0.15, 0.2) is 11.5 Å². The van der Waals surface area contributed by atoms with Crippen LogP contribution in [0.3, 0.4) is 0 Å². The lowest BCUT2D eigenvalue weighted by molar-refractivity contribution is 0.102. The maximum Gasteiger partial charge on any atom is 0.256 e. The minimum atomic E-state index is -0.265. The monoisotopic (exact) mass is 387 g/mol. The van der Waals surface area contributed by atoms with Gasteiger partial charge in [-0.25, -0.2) is 4.68 Å². The van der Waals surface area contributed by atoms with Gasteiger partial charge in [-0.3, -0.25) is 4.79 Å². The molecule has 2 rings (SSSR count). The lowest BCUT2D eigenvalue weighted by Gasteiger charge is -2.23. The van der Waals surface area contributed by atoms with Gasteiger partial charge in [-0.15, -0.1) is 0 Å². The van der Waals surface area contributed by atoms with Crippen molar-refractivity contribution in [2.45, 2.75) is 72.4 Å². The van der Waals surface area contributed by atoms with Gasteiger partial charge in [0.2, 0.25) is 0 Å². The van der Waals surface area contributed by atoms with E-state index in [2.05, 4.69) is 46.9 Å². The van der Waals surface area contributed by atoms with Gasteiger partial charge >= 0.3 is 0 Å². The van der Waals surface area contributed by atoms with Crippen molar-refractivity contribution in [1.82, 2.24) is 9.78 Å². The number of carbonyl (C=O) groups excluding carboxylic acids is 1. The smallest absolute Gasteiger partial charge is 0.256 e. The van der Waals surface area contributed by atoms with E-state index in [0.717, 1.165) is 5.69 Å². The molecule has 0 bridgehead atoms. The van der Waals surface area contributed by atoms with Crippen molar-refractivity contribution < 1.29 is 14.3 Å². The fraction of sp³-hybridized carbons (Fsp3) is 0.545. The van der Waals surface area contributed by atoms with Crippen LogP contribution in [0.5, 0.6) is 11.5 Å². The summed E-state index contributed by atoms with van der Waals surface area (Å²) in [5.41, 5.74) is 1.04. The van der Waals surface area contributed by atoms with Crippen LogP contribution in [0.1, 0.15) is 71.4 Å². The third-order valence-corrected chi connectivity index (χ3v) is 4.14. The van der Waals surface area contributed by atoms with Gasteiger partial charge in [0.1, 0.15) is 5.82 Å². The number of rotatable bonds is 5. The number of amides is 1. The molecular weight excluding hydrogens is 354 g/mol. The van der Waals surface area contributed by atoms with Crippen molar-refractivity contribution in [3.05, 3.63) is 35.5 Å². The first-order valence-corrected chi connectivity index (χ1v) is 9.60. The first kappa shape index (κ1) is 21.8. The summed E-state index contributed by atoms with van der Waals surface area (Å²) in [5, 5.41) is 7.74. The van der Waals surface area contributed by atoms with E-state index in [-0.39, 0.29) is 23.0 Å². The Morgan fingerprint density at radius 2 is 1.71 bits per heavy atom. The van der Waals surface area contributed by atoms with Gasteiger partial charge in [-0.2, -0.15) is 5.10 Å². The number of ether oxygens (including phenoxy) is 2. The summed E-state index contributed by atoms with van der Waals surface area (Å²) in [6, 6.07) is 7.12. The molecule has 1 heterocycles. The number of nitrogens with one attached hydrogen (secondary N) is 1. The van der Waals surface area contributed by atoms with Crippen LogP contribution in [0.15, 0.2) is 24.3 Å². The van der Waals surface area contributed by atoms with Crippen LogP contribution in [-0.2, 0) is 11.0 Å². The van der Waals surface area contributed by atoms with E-state index >= 15 is 0 Å². The Morgan fingerprint density at radius 3 is 2.21 bits per heavy atom. The number of hydrogen-bond acceptors (Lipinski definition) is 4. The molecule has 0 aliphatic heterocycles. The van der Waals surface area contributed by atoms with Crippen LogP contribution in [0, 0.1) is 0 Å². The van der Waals surface area contributed by atoms with Gasteiger partial charge in [-0.05, 0) is 52.8 Å². The largest absolute Gasteiger partial charge is 0.493 e. The highest BCUT2D eigenvalue weighted by Crippen LogP contribution is 2.31. The second-order valence-corrected chi connectivity index (χ2v) is 9.23. The Bertz CT molecular complexity index is 840. The van der Waals surface area contributed by atoms with Crippen LogP contribution in [-0.4, -0.2) is 28.9 Å². The molecule has 6 nitrogen and oxygen atoms in total. The van der Waals surface area contributed by atoms with Crippen LogP contribution in [0.4, 0.5) is 5.82 Å². The molecule has 28 heavy (non-hydrogen) atoms. The summed E-state index contributed by atoms with van der Waals surface area (Å²) in [7, 11) is 1.56. The second kappa shape index (κ2) is 7.86. The molecule has 0 fully saturated rings. The predicted molar refractivity (Wildman–Crippen MR) is 113 cm³/mol. The van der Waals surface area contributed by atoms with Crippen LogP contribution in [0.25, 0.3) is 0 Å². The number of nitrogens with zero attached hydrogens (tertiary/aromatic N) is 2. The van der Waals surface area contributed by atoms with Crippen molar-refractivity contribution in [2.75, 3.05) is 12.4 Å². The highest BCUT2D eigenvalue weighted by Gasteiger charge is 2.26. The van der Waals surface area contributed by atoms with Crippen molar-refractivity contribution >= 4 is 11.7 Å². The molecule has 0 unspecified atom stereocenters. The molecule has 6 heteroatoms. The molecule has 1 aromatic heterocycles. The summed E-state index contributed by atoms with van der Waals surface area (Å²) < 4.78 is 13.0. The molecule has 0 radical (unpaired) electrons. The predicted octanol–water partition coefficient (Wildman–Crippen LogP) is 4.98. The van der Waals surface area contributed by atoms with Crippen LogP contribution in [0.2, 0.25) is 0 Å². The third kappa shape index (κ3) is 5.06. The highest BCUT2D eigenvalue weighted by molar-refractivity contribution is 6.04. The standard InChI is InChI=1S/C22H33N3O3/c1-14(2)28-16-11-10-15(12-17(16)27-9)20(26)23-19-13-18(21(3,4)5)24-25(19)22(6,7)8/h10-14H,1-9H3,(H,23,26). The molecule has 1 N–H and O–H groups in total. The SMILES string of the molecule is COc1cc(C(=O)Nc2cc(C(C)(C)C)nn2C(C)(C)C)ccc1OC(C)C. The molecular formula is C22H33N3O3. The maximum absolute atomic E-state index is 12.9. The fourth-order valence-corrected chi connectivity index (χ4v) is 2.70. The zero-order valence-electron chi connectivity index (χ0n) is 18.5. The van der Waals surface area contributed by atoms with Crippen LogP contribution >= 0.6 is 0 Å². The van der Waals surface area contributed by atoms with E-state index in [1.54, 1.807) is 25.3 Å². The fourth-order valence-electron chi connectivity index (χ4n) is 2.70. The van der Waals surface area contributed by atoms with E-state index in [4.69, 9.17) is 14.6 Å². The van der Waals surface area contributed by atoms with Crippen molar-refractivity contribution in [2.24, 2.45) is 0 Å². The molecule has 0 saturated carbocycles. The van der Waals surface area contributed by atoms with Gasteiger partial charge in [-0.1, -0.05) is 20.8 Å². The maximum atomic E-state index is 12.9. The number of carbonyl (C=O) groups is 1. The Hall–Kier alpha value is -2.50. The summed E-state index contributed by atoms with van der Waals surface area (Å²) in [6.45, 7) is 16.4. The highest BCUT2D eigenvalue weighted by atomic mass is 16.5. The van der Waals surface area contributed by atoms with Crippen molar-refractivity contribution in [1.29, 1.82) is 0 Å². The van der Waals surface area contributed by atoms with E-state index in [1.807, 2.05) is 24.6 Å². The Labute approximate surface area is 168 Å². The molecule has 0 saturated heterocycles. The average molecular weight is 388 g/mol. The number of aromatic nitrogens is 2. The third-order valence-electron chi connectivity index (χ3n) is 4.14. The molecule has 0 spiro atoms. The zero-order valence-corrected chi connectivity index (χ0v) is 18.5. The minimum Gasteiger partial charge on any atom is -0.493 e. The van der Waals surface area contributed by atoms with E-state index in [9.17, 15) is 4.79 Å². The number of anilines is 1. The second-order valence-electron chi connectivity index (χ2n) is 9.23. The van der Waals surface area contributed by atoms with E-state index in [0.29, 0.717) is 22.9 Å². The summed E-state index contributed by atoms with van der Waals surface area (Å²) in [6.07, 6.45) is 0.0190. The zero-order chi connectivity index (χ0) is 21.3. The first-order valence-electron chi connectivity index (χ1n) is 9.60. The molecule has 0 atom stereocenters. The number of methoxy groups -OCH3 is 1. The summed E-state index contributed by atoms with van der Waals surface area (Å²) >= 11 is 0. The van der Waals surface area contributed by atoms with Gasteiger partial charge in [0.05, 0.1) is 24.4 Å². The van der Waals surface area contributed by atoms with E-state index < -0.39 is 0 Å². The topological polar surface area (TPSA) is 65.4 Å². The Balaban J connectivity index is 2.36. The summed E-state index contributed by atoms with van der Waals surface area (Å²) in [5.74, 6) is 1.59. The summed E-state index contributed by atoms with van der Waals surface area (Å²) in [4.78, 5) is 12.9. The average Bonchev–Trinajstić information content (AvgIpc) is 2.99. The molecule has 154 valence electrons. The normalized spacial score (nSPS) is 12.2. The lowest BCUT2D eigenvalue weighted by atomic mass is 9.92. The number of benzene rings is 1.